The molecule has 2 aromatic heterocycles. The van der Waals surface area contributed by atoms with Gasteiger partial charge in [-0.25, -0.2) is 9.78 Å². The molecule has 2 aromatic rings. The normalized spacial score (nSPS) is 12.2. The van der Waals surface area contributed by atoms with Gasteiger partial charge in [0, 0.05) is 20.0 Å². The van der Waals surface area contributed by atoms with Crippen molar-refractivity contribution in [3.63, 3.8) is 0 Å². The Bertz CT molecular complexity index is 716. The van der Waals surface area contributed by atoms with E-state index in [1.165, 1.54) is 11.3 Å². The van der Waals surface area contributed by atoms with Gasteiger partial charge >= 0.3 is 5.97 Å². The van der Waals surface area contributed by atoms with Crippen LogP contribution in [-0.4, -0.2) is 37.1 Å². The van der Waals surface area contributed by atoms with E-state index in [1.54, 1.807) is 20.2 Å². The van der Waals surface area contributed by atoms with E-state index < -0.39 is 0 Å². The van der Waals surface area contributed by atoms with Gasteiger partial charge in [-0.15, -0.1) is 35.3 Å². The maximum atomic E-state index is 11.9. The summed E-state index contributed by atoms with van der Waals surface area (Å²) in [6.07, 6.45) is 2.43. The summed E-state index contributed by atoms with van der Waals surface area (Å²) in [5, 5.41) is 7.33. The number of nitrogens with one attached hydrogen (secondary N) is 2. The molecule has 0 bridgehead atoms. The number of carbonyl (C=O) groups is 1. The number of hydrogen-bond acceptors (Lipinski definition) is 6. The van der Waals surface area contributed by atoms with Gasteiger partial charge in [0.2, 0.25) is 0 Å². The van der Waals surface area contributed by atoms with Crippen LogP contribution in [0.4, 0.5) is 0 Å². The largest absolute Gasteiger partial charge is 0.469 e. The van der Waals surface area contributed by atoms with E-state index in [1.807, 2.05) is 26.0 Å². The molecular formula is C17H25IN4O3S. The number of halogens is 1. The topological polar surface area (TPSA) is 88.8 Å². The van der Waals surface area contributed by atoms with Crippen LogP contribution < -0.4 is 10.6 Å². The number of thiazole rings is 1. The molecule has 0 aliphatic rings. The van der Waals surface area contributed by atoms with Crippen molar-refractivity contribution in [2.45, 2.75) is 33.2 Å². The third-order valence-corrected chi connectivity index (χ3v) is 4.79. The Morgan fingerprint density at radius 3 is 2.88 bits per heavy atom. The Hall–Kier alpha value is -1.62. The average molecular weight is 492 g/mol. The van der Waals surface area contributed by atoms with Crippen molar-refractivity contribution in [2.75, 3.05) is 20.2 Å². The number of aryl methyl sites for hydroxylation is 1. The molecule has 2 N–H and O–H groups in total. The van der Waals surface area contributed by atoms with Crippen LogP contribution in [-0.2, 0) is 11.2 Å². The molecule has 0 spiro atoms. The third-order valence-electron chi connectivity index (χ3n) is 3.47. The van der Waals surface area contributed by atoms with Gasteiger partial charge in [0.15, 0.2) is 5.96 Å². The quantitative estimate of drug-likeness (QED) is 0.267. The second-order valence-corrected chi connectivity index (χ2v) is 6.41. The molecule has 7 nitrogen and oxygen atoms in total. The molecule has 0 aromatic carbocycles. The minimum Gasteiger partial charge on any atom is -0.469 e. The van der Waals surface area contributed by atoms with E-state index in [2.05, 4.69) is 20.6 Å². The predicted octanol–water partition coefficient (Wildman–Crippen LogP) is 3.31. The van der Waals surface area contributed by atoms with Gasteiger partial charge in [-0.05, 0) is 32.9 Å². The van der Waals surface area contributed by atoms with E-state index in [0.29, 0.717) is 29.7 Å². The molecule has 0 saturated carbocycles. The minimum absolute atomic E-state index is 0. The van der Waals surface area contributed by atoms with Crippen LogP contribution in [0.25, 0.3) is 0 Å². The van der Waals surface area contributed by atoms with Crippen LogP contribution in [0.3, 0.4) is 0 Å². The SMILES string of the molecule is CCOC(=O)c1sc(C(C)NC(=NC)NCCc2ccco2)nc1C.I. The molecule has 0 radical (unpaired) electrons. The van der Waals surface area contributed by atoms with Crippen LogP contribution in [0.1, 0.15) is 46.0 Å². The van der Waals surface area contributed by atoms with Crippen molar-refractivity contribution >= 4 is 47.2 Å². The lowest BCUT2D eigenvalue weighted by atomic mass is 10.3. The first-order valence-corrected chi connectivity index (χ1v) is 9.00. The number of guanidine groups is 1. The number of furan rings is 1. The lowest BCUT2D eigenvalue weighted by molar-refractivity contribution is 0.0531. The van der Waals surface area contributed by atoms with Crippen LogP contribution in [0.5, 0.6) is 0 Å². The van der Waals surface area contributed by atoms with Gasteiger partial charge < -0.3 is 19.8 Å². The summed E-state index contributed by atoms with van der Waals surface area (Å²) >= 11 is 1.34. The van der Waals surface area contributed by atoms with Gasteiger partial charge in [-0.1, -0.05) is 0 Å². The number of aliphatic imine (C=N–C) groups is 1. The molecule has 26 heavy (non-hydrogen) atoms. The molecule has 2 heterocycles. The van der Waals surface area contributed by atoms with Gasteiger partial charge in [-0.2, -0.15) is 0 Å². The van der Waals surface area contributed by atoms with Gasteiger partial charge in [-0.3, -0.25) is 4.99 Å². The number of aromatic nitrogens is 1. The van der Waals surface area contributed by atoms with Crippen LogP contribution in [0, 0.1) is 6.92 Å². The van der Waals surface area contributed by atoms with Crippen LogP contribution in [0.15, 0.2) is 27.8 Å². The fourth-order valence-electron chi connectivity index (χ4n) is 2.21. The summed E-state index contributed by atoms with van der Waals surface area (Å²) in [4.78, 5) is 21.2. The van der Waals surface area contributed by atoms with E-state index in [4.69, 9.17) is 9.15 Å². The predicted molar refractivity (Wildman–Crippen MR) is 114 cm³/mol. The Labute approximate surface area is 174 Å². The minimum atomic E-state index is -0.322. The maximum Gasteiger partial charge on any atom is 0.350 e. The number of hydrogen-bond donors (Lipinski definition) is 2. The van der Waals surface area contributed by atoms with Crippen molar-refractivity contribution in [1.29, 1.82) is 0 Å². The molecule has 0 aliphatic carbocycles. The molecule has 144 valence electrons. The Morgan fingerprint density at radius 1 is 1.50 bits per heavy atom. The molecule has 2 rings (SSSR count). The highest BCUT2D eigenvalue weighted by atomic mass is 127. The number of rotatable bonds is 7. The van der Waals surface area contributed by atoms with E-state index in [0.717, 1.165) is 17.2 Å². The Balaban J connectivity index is 0.00000338. The van der Waals surface area contributed by atoms with Crippen molar-refractivity contribution in [3.8, 4) is 0 Å². The summed E-state index contributed by atoms with van der Waals surface area (Å²) in [5.41, 5.74) is 0.688. The monoisotopic (exact) mass is 492 g/mol. The molecule has 0 amide bonds. The molecule has 0 fully saturated rings. The fourth-order valence-corrected chi connectivity index (χ4v) is 3.17. The van der Waals surface area contributed by atoms with Crippen LogP contribution >= 0.6 is 35.3 Å². The zero-order valence-electron chi connectivity index (χ0n) is 15.4. The van der Waals surface area contributed by atoms with Crippen molar-refractivity contribution in [1.82, 2.24) is 15.6 Å². The first-order chi connectivity index (χ1) is 12.0. The number of nitrogens with zero attached hydrogens (tertiary/aromatic N) is 2. The van der Waals surface area contributed by atoms with Gasteiger partial charge in [0.05, 0.1) is 24.6 Å². The lowest BCUT2D eigenvalue weighted by Gasteiger charge is -2.15. The van der Waals surface area contributed by atoms with E-state index in [9.17, 15) is 4.79 Å². The first kappa shape index (κ1) is 22.4. The Morgan fingerprint density at radius 2 is 2.27 bits per heavy atom. The summed E-state index contributed by atoms with van der Waals surface area (Å²) in [6, 6.07) is 3.73. The second kappa shape index (κ2) is 11.2. The molecule has 9 heteroatoms. The van der Waals surface area contributed by atoms with Crippen LogP contribution in [0.2, 0.25) is 0 Å². The molecule has 1 atom stereocenters. The van der Waals surface area contributed by atoms with Crippen molar-refractivity contribution < 1.29 is 13.9 Å². The number of carbonyl (C=O) groups excluding carboxylic acids is 1. The first-order valence-electron chi connectivity index (χ1n) is 8.19. The second-order valence-electron chi connectivity index (χ2n) is 5.38. The molecule has 1 unspecified atom stereocenters. The summed E-state index contributed by atoms with van der Waals surface area (Å²) in [7, 11) is 1.71. The smallest absolute Gasteiger partial charge is 0.350 e. The summed E-state index contributed by atoms with van der Waals surface area (Å²) in [6.45, 7) is 6.64. The zero-order valence-corrected chi connectivity index (χ0v) is 18.5. The third kappa shape index (κ3) is 6.27. The molecule has 0 aliphatic heterocycles. The highest BCUT2D eigenvalue weighted by Gasteiger charge is 2.20. The van der Waals surface area contributed by atoms with Crippen molar-refractivity contribution in [2.24, 2.45) is 4.99 Å². The molecular weight excluding hydrogens is 467 g/mol. The van der Waals surface area contributed by atoms with E-state index in [-0.39, 0.29) is 36.0 Å². The Kier molecular flexibility index (Phi) is 9.63. The maximum absolute atomic E-state index is 11.9. The zero-order chi connectivity index (χ0) is 18.2. The summed E-state index contributed by atoms with van der Waals surface area (Å²) in [5.74, 6) is 1.27. The highest BCUT2D eigenvalue weighted by molar-refractivity contribution is 14.0. The highest BCUT2D eigenvalue weighted by Crippen LogP contribution is 2.24. The van der Waals surface area contributed by atoms with Crippen molar-refractivity contribution in [3.05, 3.63) is 39.7 Å². The average Bonchev–Trinajstić information content (AvgIpc) is 3.23. The van der Waals surface area contributed by atoms with Gasteiger partial charge in [0.25, 0.3) is 0 Å². The lowest BCUT2D eigenvalue weighted by Crippen LogP contribution is -2.39. The number of ether oxygens (including phenoxy) is 1. The summed E-state index contributed by atoms with van der Waals surface area (Å²) < 4.78 is 10.4. The molecule has 0 saturated heterocycles. The number of esters is 1. The fraction of sp³-hybridized carbons (Fsp3) is 0.471. The van der Waals surface area contributed by atoms with Gasteiger partial charge in [0.1, 0.15) is 15.6 Å². The van der Waals surface area contributed by atoms with E-state index >= 15 is 0 Å². The standard InChI is InChI=1S/C17H24N4O3S.HI/c1-5-23-16(22)14-11(2)20-15(25-14)12(3)21-17(18-4)19-9-8-13-7-6-10-24-13;/h6-7,10,12H,5,8-9H2,1-4H3,(H2,18,19,21);1H.